The van der Waals surface area contributed by atoms with Crippen LogP contribution in [0.4, 0.5) is 4.79 Å². The zero-order valence-corrected chi connectivity index (χ0v) is 14.8. The number of rotatable bonds is 1. The van der Waals surface area contributed by atoms with Gasteiger partial charge in [-0.1, -0.05) is 12.2 Å². The number of cyclic esters (lactones) is 1. The summed E-state index contributed by atoms with van der Waals surface area (Å²) in [5, 5.41) is 0. The Bertz CT molecular complexity index is 724. The van der Waals surface area contributed by atoms with E-state index in [2.05, 4.69) is 0 Å². The maximum absolute atomic E-state index is 12.7. The first-order valence-corrected chi connectivity index (χ1v) is 8.98. The zero-order valence-electron chi connectivity index (χ0n) is 14.8. The number of fused-ring (bicyclic) bond motifs is 4. The van der Waals surface area contributed by atoms with Gasteiger partial charge < -0.3 is 28.4 Å². The second-order valence-electron chi connectivity index (χ2n) is 7.86. The van der Waals surface area contributed by atoms with Gasteiger partial charge in [-0.05, 0) is 0 Å². The molecule has 0 radical (unpaired) electrons. The van der Waals surface area contributed by atoms with Gasteiger partial charge in [0.05, 0.1) is 43.0 Å². The highest BCUT2D eigenvalue weighted by molar-refractivity contribution is 5.86. The molecule has 0 aromatic heterocycles. The van der Waals surface area contributed by atoms with Crippen LogP contribution in [0.3, 0.4) is 0 Å². The van der Waals surface area contributed by atoms with Crippen molar-refractivity contribution in [2.24, 2.45) is 28.6 Å². The van der Waals surface area contributed by atoms with Gasteiger partial charge in [-0.25, -0.2) is 4.79 Å². The molecule has 6 atom stereocenters. The quantitative estimate of drug-likeness (QED) is 0.363. The molecule has 3 aliphatic heterocycles. The molecule has 5 aliphatic rings. The van der Waals surface area contributed by atoms with Gasteiger partial charge in [0, 0.05) is 12.3 Å². The van der Waals surface area contributed by atoms with E-state index in [0.717, 1.165) is 0 Å². The summed E-state index contributed by atoms with van der Waals surface area (Å²) < 4.78 is 32.6. The van der Waals surface area contributed by atoms with Crippen molar-refractivity contribution in [1.29, 1.82) is 0 Å². The summed E-state index contributed by atoms with van der Waals surface area (Å²) in [5.74, 6) is -2.86. The van der Waals surface area contributed by atoms with Gasteiger partial charge in [0.25, 0.3) is 0 Å². The SMILES string of the molecule is COC(=O)[C@@H]1C=C[C@H]2C3(COCOC3)[C@H]3C[C@H](OC(=O)O3)[C@@]23COC(=O)[C@@H]13. The van der Waals surface area contributed by atoms with Crippen LogP contribution in [0.2, 0.25) is 0 Å². The molecule has 27 heavy (non-hydrogen) atoms. The lowest BCUT2D eigenvalue weighted by Crippen LogP contribution is -2.71. The average Bonchev–Trinajstić information content (AvgIpc) is 3.04. The number of carbonyl (C=O) groups is 3. The molecule has 2 bridgehead atoms. The lowest BCUT2D eigenvalue weighted by molar-refractivity contribution is -0.285. The molecule has 0 N–H and O–H groups in total. The summed E-state index contributed by atoms with van der Waals surface area (Å²) in [6, 6.07) is 0. The number of ether oxygens (including phenoxy) is 6. The van der Waals surface area contributed by atoms with Crippen molar-refractivity contribution in [3.05, 3.63) is 12.2 Å². The molecule has 0 aromatic carbocycles. The van der Waals surface area contributed by atoms with Crippen LogP contribution in [0.25, 0.3) is 0 Å². The third kappa shape index (κ3) is 2.04. The molecule has 1 saturated carbocycles. The molecule has 0 unspecified atom stereocenters. The van der Waals surface area contributed by atoms with E-state index in [0.29, 0.717) is 19.6 Å². The van der Waals surface area contributed by atoms with Crippen molar-refractivity contribution in [1.82, 2.24) is 0 Å². The fourth-order valence-corrected chi connectivity index (χ4v) is 5.81. The van der Waals surface area contributed by atoms with E-state index < -0.39 is 53.0 Å². The van der Waals surface area contributed by atoms with Crippen LogP contribution in [0.1, 0.15) is 6.42 Å². The summed E-state index contributed by atoms with van der Waals surface area (Å²) in [6.07, 6.45) is 2.15. The summed E-state index contributed by atoms with van der Waals surface area (Å²) in [7, 11) is 1.28. The minimum atomic E-state index is -0.884. The highest BCUT2D eigenvalue weighted by Gasteiger charge is 2.74. The molecule has 9 heteroatoms. The summed E-state index contributed by atoms with van der Waals surface area (Å²) in [5.41, 5.74) is -1.55. The van der Waals surface area contributed by atoms with Gasteiger partial charge in [-0.15, -0.1) is 0 Å². The number of allylic oxidation sites excluding steroid dienone is 1. The first kappa shape index (κ1) is 17.0. The Hall–Kier alpha value is -2.13. The zero-order chi connectivity index (χ0) is 18.8. The Morgan fingerprint density at radius 1 is 1.11 bits per heavy atom. The van der Waals surface area contributed by atoms with Crippen molar-refractivity contribution < 1.29 is 42.8 Å². The summed E-state index contributed by atoms with van der Waals surface area (Å²) in [4.78, 5) is 37.2. The van der Waals surface area contributed by atoms with Crippen LogP contribution in [0.5, 0.6) is 0 Å². The van der Waals surface area contributed by atoms with Gasteiger partial charge in [0.1, 0.15) is 25.6 Å². The van der Waals surface area contributed by atoms with Crippen LogP contribution in [0.15, 0.2) is 12.2 Å². The fraction of sp³-hybridized carbons (Fsp3) is 0.722. The molecular formula is C18H20O9. The first-order valence-electron chi connectivity index (χ1n) is 8.98. The third-order valence-corrected chi connectivity index (χ3v) is 6.89. The number of hydrogen-bond donors (Lipinski definition) is 0. The first-order chi connectivity index (χ1) is 13.0. The lowest BCUT2D eigenvalue weighted by atomic mass is 9.46. The number of esters is 2. The monoisotopic (exact) mass is 380 g/mol. The van der Waals surface area contributed by atoms with E-state index >= 15 is 0 Å². The largest absolute Gasteiger partial charge is 0.508 e. The minimum absolute atomic E-state index is 0.0609. The Balaban J connectivity index is 1.69. The predicted octanol–water partition coefficient (Wildman–Crippen LogP) is 0.419. The van der Waals surface area contributed by atoms with Crippen LogP contribution in [0, 0.1) is 28.6 Å². The van der Waals surface area contributed by atoms with Gasteiger partial charge in [-0.2, -0.15) is 0 Å². The minimum Gasteiger partial charge on any atom is -0.469 e. The van der Waals surface area contributed by atoms with Crippen LogP contribution < -0.4 is 0 Å². The average molecular weight is 380 g/mol. The summed E-state index contributed by atoms with van der Waals surface area (Å²) in [6.45, 7) is 0.858. The van der Waals surface area contributed by atoms with Crippen molar-refractivity contribution in [3.63, 3.8) is 0 Å². The highest BCUT2D eigenvalue weighted by atomic mass is 16.7. The Labute approximate surface area is 154 Å². The van der Waals surface area contributed by atoms with Gasteiger partial charge >= 0.3 is 18.1 Å². The third-order valence-electron chi connectivity index (χ3n) is 6.89. The molecule has 5 rings (SSSR count). The molecule has 0 aromatic rings. The normalized spacial score (nSPS) is 43.8. The molecular weight excluding hydrogens is 360 g/mol. The van der Waals surface area contributed by atoms with Crippen molar-refractivity contribution in [2.75, 3.05) is 33.7 Å². The maximum Gasteiger partial charge on any atom is 0.508 e. The second-order valence-corrected chi connectivity index (χ2v) is 7.86. The van der Waals surface area contributed by atoms with Crippen molar-refractivity contribution in [2.45, 2.75) is 18.6 Å². The molecule has 3 heterocycles. The van der Waals surface area contributed by atoms with E-state index in [4.69, 9.17) is 28.4 Å². The second kappa shape index (κ2) is 5.68. The Morgan fingerprint density at radius 3 is 2.59 bits per heavy atom. The standard InChI is InChI=1S/C18H20O9/c1-22-14(19)9-2-3-10-17(5-23-8-24-6-17)11-4-12(27-16(21)26-11)18(10)7-25-15(20)13(9)18/h2-3,9-13H,4-8H2,1H3/t9-,10+,11-,12+,13-,18-/m1/s1. The van der Waals surface area contributed by atoms with E-state index in [-0.39, 0.29) is 19.3 Å². The number of carbonyl (C=O) groups excluding carboxylic acids is 3. The van der Waals surface area contributed by atoms with E-state index in [9.17, 15) is 14.4 Å². The highest BCUT2D eigenvalue weighted by Crippen LogP contribution is 2.64. The van der Waals surface area contributed by atoms with E-state index in [1.807, 2.05) is 6.08 Å². The Kier molecular flexibility index (Phi) is 3.58. The predicted molar refractivity (Wildman–Crippen MR) is 84.0 cm³/mol. The number of hydrogen-bond acceptors (Lipinski definition) is 9. The number of methoxy groups -OCH3 is 1. The lowest BCUT2D eigenvalue weighted by Gasteiger charge is -2.61. The molecule has 146 valence electrons. The Morgan fingerprint density at radius 2 is 1.85 bits per heavy atom. The molecule has 2 aliphatic carbocycles. The topological polar surface area (TPSA) is 107 Å². The van der Waals surface area contributed by atoms with Crippen LogP contribution >= 0.6 is 0 Å². The van der Waals surface area contributed by atoms with Crippen molar-refractivity contribution >= 4 is 18.1 Å². The molecule has 2 spiro atoms. The van der Waals surface area contributed by atoms with Crippen LogP contribution in [-0.4, -0.2) is 64.0 Å². The van der Waals surface area contributed by atoms with Crippen molar-refractivity contribution in [3.8, 4) is 0 Å². The van der Waals surface area contributed by atoms with Gasteiger partial charge in [0.2, 0.25) is 0 Å². The molecule has 4 fully saturated rings. The molecule has 9 nitrogen and oxygen atoms in total. The van der Waals surface area contributed by atoms with E-state index in [1.54, 1.807) is 6.08 Å². The van der Waals surface area contributed by atoms with E-state index in [1.165, 1.54) is 7.11 Å². The van der Waals surface area contributed by atoms with Gasteiger partial charge in [0.15, 0.2) is 0 Å². The summed E-state index contributed by atoms with van der Waals surface area (Å²) >= 11 is 0. The van der Waals surface area contributed by atoms with Crippen LogP contribution in [-0.2, 0) is 38.0 Å². The van der Waals surface area contributed by atoms with Gasteiger partial charge in [-0.3, -0.25) is 9.59 Å². The smallest absolute Gasteiger partial charge is 0.469 e. The molecule has 0 amide bonds. The molecule has 3 saturated heterocycles. The fourth-order valence-electron chi connectivity index (χ4n) is 5.81. The maximum atomic E-state index is 12.7.